The van der Waals surface area contributed by atoms with Crippen LogP contribution in [0.3, 0.4) is 0 Å². The Morgan fingerprint density at radius 2 is 1.75 bits per heavy atom. The highest BCUT2D eigenvalue weighted by Crippen LogP contribution is 2.36. The van der Waals surface area contributed by atoms with E-state index >= 15 is 0 Å². The molecule has 0 unspecified atom stereocenters. The highest BCUT2D eigenvalue weighted by molar-refractivity contribution is 6.44. The van der Waals surface area contributed by atoms with Crippen LogP contribution in [0.5, 0.6) is 5.75 Å². The number of rotatable bonds is 3. The van der Waals surface area contributed by atoms with E-state index in [1.165, 1.54) is 4.90 Å². The van der Waals surface area contributed by atoms with E-state index in [0.29, 0.717) is 15.7 Å². The van der Waals surface area contributed by atoms with E-state index in [4.69, 9.17) is 39.5 Å². The summed E-state index contributed by atoms with van der Waals surface area (Å²) < 4.78 is 5.31. The third-order valence-electron chi connectivity index (χ3n) is 3.73. The van der Waals surface area contributed by atoms with E-state index < -0.39 is 11.9 Å². The van der Waals surface area contributed by atoms with Crippen molar-refractivity contribution in [2.45, 2.75) is 6.42 Å². The molecular weight excluding hydrogens is 373 g/mol. The first-order valence-corrected chi connectivity index (χ1v) is 8.31. The summed E-state index contributed by atoms with van der Waals surface area (Å²) in [5.41, 5.74) is 0.488. The lowest BCUT2D eigenvalue weighted by Crippen LogP contribution is -2.27. The van der Waals surface area contributed by atoms with Crippen LogP contribution in [0.25, 0.3) is 0 Å². The SMILES string of the molecule is O=C(Oc1ccccc1Cl)[C@@H]1CC(=O)N(c2cccc(Cl)c2Cl)C1. The van der Waals surface area contributed by atoms with E-state index in [-0.39, 0.29) is 29.6 Å². The molecule has 24 heavy (non-hydrogen) atoms. The van der Waals surface area contributed by atoms with E-state index in [9.17, 15) is 9.59 Å². The molecular formula is C17H12Cl3NO3. The van der Waals surface area contributed by atoms with Crippen LogP contribution >= 0.6 is 34.8 Å². The molecule has 2 aromatic carbocycles. The summed E-state index contributed by atoms with van der Waals surface area (Å²) >= 11 is 18.1. The maximum atomic E-state index is 12.3. The number of nitrogens with zero attached hydrogens (tertiary/aromatic N) is 1. The Bertz CT molecular complexity index is 809. The van der Waals surface area contributed by atoms with Gasteiger partial charge in [-0.05, 0) is 24.3 Å². The summed E-state index contributed by atoms with van der Waals surface area (Å²) in [5.74, 6) is -1.03. The number of halogens is 3. The Kier molecular flexibility index (Phi) is 4.99. The fraction of sp³-hybridized carbons (Fsp3) is 0.176. The molecule has 3 rings (SSSR count). The van der Waals surface area contributed by atoms with Gasteiger partial charge in [0.2, 0.25) is 5.91 Å². The van der Waals surface area contributed by atoms with Crippen molar-refractivity contribution in [3.8, 4) is 5.75 Å². The minimum atomic E-state index is -0.594. The molecule has 0 bridgehead atoms. The van der Waals surface area contributed by atoms with Crippen molar-refractivity contribution in [1.29, 1.82) is 0 Å². The molecule has 1 amide bonds. The van der Waals surface area contributed by atoms with Gasteiger partial charge in [0.25, 0.3) is 0 Å². The van der Waals surface area contributed by atoms with Crippen molar-refractivity contribution in [3.05, 3.63) is 57.5 Å². The maximum Gasteiger partial charge on any atom is 0.316 e. The Morgan fingerprint density at radius 3 is 2.50 bits per heavy atom. The summed E-state index contributed by atoms with van der Waals surface area (Å²) in [7, 11) is 0. The smallest absolute Gasteiger partial charge is 0.316 e. The first kappa shape index (κ1) is 17.1. The largest absolute Gasteiger partial charge is 0.425 e. The van der Waals surface area contributed by atoms with Crippen LogP contribution in [-0.2, 0) is 9.59 Å². The van der Waals surface area contributed by atoms with Gasteiger partial charge in [0, 0.05) is 13.0 Å². The van der Waals surface area contributed by atoms with Crippen molar-refractivity contribution >= 4 is 52.4 Å². The molecule has 1 heterocycles. The second kappa shape index (κ2) is 7.01. The highest BCUT2D eigenvalue weighted by Gasteiger charge is 2.37. The zero-order chi connectivity index (χ0) is 17.3. The summed E-state index contributed by atoms with van der Waals surface area (Å²) in [5, 5.41) is 0.974. The lowest BCUT2D eigenvalue weighted by atomic mass is 10.1. The molecule has 1 aliphatic rings. The zero-order valence-corrected chi connectivity index (χ0v) is 14.6. The first-order chi connectivity index (χ1) is 11.5. The molecule has 0 saturated carbocycles. The Hall–Kier alpha value is -1.75. The monoisotopic (exact) mass is 383 g/mol. The van der Waals surface area contributed by atoms with Gasteiger partial charge in [0.1, 0.15) is 5.75 Å². The van der Waals surface area contributed by atoms with Gasteiger partial charge >= 0.3 is 5.97 Å². The molecule has 0 radical (unpaired) electrons. The highest BCUT2D eigenvalue weighted by atomic mass is 35.5. The van der Waals surface area contributed by atoms with Gasteiger partial charge in [-0.1, -0.05) is 53.0 Å². The molecule has 0 aromatic heterocycles. The predicted octanol–water partition coefficient (Wildman–Crippen LogP) is 4.61. The van der Waals surface area contributed by atoms with Gasteiger partial charge < -0.3 is 9.64 Å². The fourth-order valence-corrected chi connectivity index (χ4v) is 3.09. The maximum absolute atomic E-state index is 12.3. The number of carbonyl (C=O) groups excluding carboxylic acids is 2. The molecule has 4 nitrogen and oxygen atoms in total. The van der Waals surface area contributed by atoms with Crippen LogP contribution in [-0.4, -0.2) is 18.4 Å². The molecule has 124 valence electrons. The molecule has 1 fully saturated rings. The van der Waals surface area contributed by atoms with E-state index in [1.807, 2.05) is 0 Å². The van der Waals surface area contributed by atoms with Crippen molar-refractivity contribution in [1.82, 2.24) is 0 Å². The molecule has 0 spiro atoms. The molecule has 0 N–H and O–H groups in total. The second-order valence-electron chi connectivity index (χ2n) is 5.33. The molecule has 1 aliphatic heterocycles. The third kappa shape index (κ3) is 3.36. The number of anilines is 1. The molecule has 1 saturated heterocycles. The van der Waals surface area contributed by atoms with E-state index in [2.05, 4.69) is 0 Å². The summed E-state index contributed by atoms with van der Waals surface area (Å²) in [4.78, 5) is 26.0. The number of hydrogen-bond donors (Lipinski definition) is 0. The van der Waals surface area contributed by atoms with Crippen LogP contribution < -0.4 is 9.64 Å². The third-order valence-corrected chi connectivity index (χ3v) is 4.85. The van der Waals surface area contributed by atoms with Crippen molar-refractivity contribution in [2.24, 2.45) is 5.92 Å². The number of amides is 1. The Balaban J connectivity index is 1.76. The quantitative estimate of drug-likeness (QED) is 0.574. The van der Waals surface area contributed by atoms with Crippen molar-refractivity contribution < 1.29 is 14.3 Å². The van der Waals surface area contributed by atoms with Crippen molar-refractivity contribution in [3.63, 3.8) is 0 Å². The van der Waals surface area contributed by atoms with Gasteiger partial charge in [-0.25, -0.2) is 0 Å². The second-order valence-corrected chi connectivity index (χ2v) is 6.52. The zero-order valence-electron chi connectivity index (χ0n) is 12.3. The lowest BCUT2D eigenvalue weighted by Gasteiger charge is -2.18. The number of carbonyl (C=O) groups is 2. The molecule has 0 aliphatic carbocycles. The standard InChI is InChI=1S/C17H12Cl3NO3/c18-11-4-1-2-7-14(11)24-17(23)10-8-15(22)21(9-10)13-6-3-5-12(19)16(13)20/h1-7,10H,8-9H2/t10-/m1/s1. The van der Waals surface area contributed by atoms with Gasteiger partial charge in [-0.3, -0.25) is 9.59 Å². The van der Waals surface area contributed by atoms with Crippen LogP contribution in [0.2, 0.25) is 15.1 Å². The van der Waals surface area contributed by atoms with Crippen LogP contribution in [0, 0.1) is 5.92 Å². The van der Waals surface area contributed by atoms with Gasteiger partial charge in [0.15, 0.2) is 0 Å². The first-order valence-electron chi connectivity index (χ1n) is 7.18. The number of esters is 1. The average molecular weight is 385 g/mol. The normalized spacial score (nSPS) is 17.2. The lowest BCUT2D eigenvalue weighted by molar-refractivity contribution is -0.139. The van der Waals surface area contributed by atoms with E-state index in [1.54, 1.807) is 42.5 Å². The number of para-hydroxylation sites is 1. The number of hydrogen-bond acceptors (Lipinski definition) is 3. The van der Waals surface area contributed by atoms with Crippen LogP contribution in [0.1, 0.15) is 6.42 Å². The average Bonchev–Trinajstić information content (AvgIpc) is 2.94. The number of benzene rings is 2. The van der Waals surface area contributed by atoms with Gasteiger partial charge in [0.05, 0.1) is 26.7 Å². The summed E-state index contributed by atoms with van der Waals surface area (Å²) in [6.45, 7) is 0.183. The minimum Gasteiger partial charge on any atom is -0.425 e. The molecule has 2 aromatic rings. The molecule has 7 heteroatoms. The van der Waals surface area contributed by atoms with Gasteiger partial charge in [-0.15, -0.1) is 0 Å². The minimum absolute atomic E-state index is 0.0477. The molecule has 1 atom stereocenters. The summed E-state index contributed by atoms with van der Waals surface area (Å²) in [6, 6.07) is 11.7. The van der Waals surface area contributed by atoms with Crippen molar-refractivity contribution in [2.75, 3.05) is 11.4 Å². The van der Waals surface area contributed by atoms with Gasteiger partial charge in [-0.2, -0.15) is 0 Å². The van der Waals surface area contributed by atoms with Crippen LogP contribution in [0.15, 0.2) is 42.5 Å². The van der Waals surface area contributed by atoms with E-state index in [0.717, 1.165) is 0 Å². The predicted molar refractivity (Wildman–Crippen MR) is 94.0 cm³/mol. The number of ether oxygens (including phenoxy) is 1. The van der Waals surface area contributed by atoms with Crippen LogP contribution in [0.4, 0.5) is 5.69 Å². The fourth-order valence-electron chi connectivity index (χ4n) is 2.52. The summed E-state index contributed by atoms with van der Waals surface area (Å²) in [6.07, 6.45) is 0.0477. The Morgan fingerprint density at radius 1 is 1.04 bits per heavy atom. The Labute approximate surface area is 153 Å². The topological polar surface area (TPSA) is 46.6 Å².